The Bertz CT molecular complexity index is 819. The summed E-state index contributed by atoms with van der Waals surface area (Å²) in [7, 11) is 3.13. The van der Waals surface area contributed by atoms with Gasteiger partial charge in [0.2, 0.25) is 11.8 Å². The summed E-state index contributed by atoms with van der Waals surface area (Å²) >= 11 is 1.46. The minimum atomic E-state index is -0.284. The summed E-state index contributed by atoms with van der Waals surface area (Å²) in [4.78, 5) is 25.5. The van der Waals surface area contributed by atoms with E-state index in [1.165, 1.54) is 11.8 Å². The molecule has 2 aromatic rings. The van der Waals surface area contributed by atoms with E-state index in [-0.39, 0.29) is 17.1 Å². The Labute approximate surface area is 176 Å². The molecule has 2 N–H and O–H groups in total. The first-order chi connectivity index (χ1) is 14.0. The molecule has 0 spiro atoms. The maximum absolute atomic E-state index is 12.8. The highest BCUT2D eigenvalue weighted by Crippen LogP contribution is 2.30. The molecule has 156 valence electrons. The number of methoxy groups -OCH3 is 2. The Morgan fingerprint density at radius 1 is 0.966 bits per heavy atom. The Hall–Kier alpha value is -2.67. The zero-order chi connectivity index (χ0) is 21.2. The number of hydrogen-bond donors (Lipinski definition) is 2. The van der Waals surface area contributed by atoms with Gasteiger partial charge in [-0.25, -0.2) is 0 Å². The van der Waals surface area contributed by atoms with Crippen LogP contribution in [-0.2, 0) is 9.59 Å². The number of amides is 2. The fourth-order valence-electron chi connectivity index (χ4n) is 2.69. The number of anilines is 2. The third kappa shape index (κ3) is 7.02. The van der Waals surface area contributed by atoms with Gasteiger partial charge in [0, 0.05) is 40.9 Å². The number of rotatable bonds is 10. The van der Waals surface area contributed by atoms with Crippen molar-refractivity contribution in [3.8, 4) is 11.5 Å². The number of carbonyl (C=O) groups is 2. The summed E-state index contributed by atoms with van der Waals surface area (Å²) in [5.41, 5.74) is 1.35. The molecule has 0 radical (unpaired) electrons. The van der Waals surface area contributed by atoms with Crippen LogP contribution in [0.5, 0.6) is 11.5 Å². The van der Waals surface area contributed by atoms with E-state index in [0.29, 0.717) is 30.0 Å². The molecule has 2 rings (SSSR count). The Balaban J connectivity index is 2.08. The monoisotopic (exact) mass is 416 g/mol. The average Bonchev–Trinajstić information content (AvgIpc) is 2.71. The summed E-state index contributed by atoms with van der Waals surface area (Å²) < 4.78 is 10.5. The van der Waals surface area contributed by atoms with Crippen LogP contribution in [-0.4, -0.2) is 31.3 Å². The lowest BCUT2D eigenvalue weighted by atomic mass is 10.2. The molecule has 0 aliphatic heterocycles. The smallest absolute Gasteiger partial charge is 0.237 e. The molecule has 0 bridgehead atoms. The van der Waals surface area contributed by atoms with E-state index in [1.807, 2.05) is 38.1 Å². The molecule has 0 saturated heterocycles. The quantitative estimate of drug-likeness (QED) is 0.536. The molecular formula is C22H28N2O4S. The molecule has 7 heteroatoms. The molecule has 6 nitrogen and oxygen atoms in total. The highest BCUT2D eigenvalue weighted by molar-refractivity contribution is 8.00. The van der Waals surface area contributed by atoms with Crippen LogP contribution in [0.1, 0.15) is 33.1 Å². The van der Waals surface area contributed by atoms with Gasteiger partial charge < -0.3 is 20.1 Å². The van der Waals surface area contributed by atoms with E-state index in [2.05, 4.69) is 10.6 Å². The summed E-state index contributed by atoms with van der Waals surface area (Å²) in [5.74, 6) is 1.10. The van der Waals surface area contributed by atoms with Gasteiger partial charge in [-0.15, -0.1) is 11.8 Å². The zero-order valence-corrected chi connectivity index (χ0v) is 18.1. The third-order valence-electron chi connectivity index (χ3n) is 4.16. The predicted molar refractivity (Wildman–Crippen MR) is 118 cm³/mol. The fourth-order valence-corrected chi connectivity index (χ4v) is 3.70. The van der Waals surface area contributed by atoms with Gasteiger partial charge in [0.25, 0.3) is 0 Å². The maximum Gasteiger partial charge on any atom is 0.237 e. The van der Waals surface area contributed by atoms with Crippen molar-refractivity contribution >= 4 is 35.0 Å². The number of carbonyl (C=O) groups excluding carboxylic acids is 2. The standard InChI is InChI=1S/C22H28N2O4S/c1-5-8-21(25)23-15-9-7-10-19(13-15)29-20(6-2)22(26)24-16-11-17(27-3)14-18(12-16)28-4/h7,9-14,20H,5-6,8H2,1-4H3,(H,23,25)(H,24,26). The highest BCUT2D eigenvalue weighted by Gasteiger charge is 2.19. The molecule has 0 aromatic heterocycles. The van der Waals surface area contributed by atoms with Crippen LogP contribution in [0.25, 0.3) is 0 Å². The van der Waals surface area contributed by atoms with Gasteiger partial charge in [-0.2, -0.15) is 0 Å². The second-order valence-electron chi connectivity index (χ2n) is 6.43. The number of hydrogen-bond acceptors (Lipinski definition) is 5. The SMILES string of the molecule is CCCC(=O)Nc1cccc(SC(CC)C(=O)Nc2cc(OC)cc(OC)c2)c1. The van der Waals surface area contributed by atoms with E-state index in [4.69, 9.17) is 9.47 Å². The van der Waals surface area contributed by atoms with Crippen molar-refractivity contribution in [1.82, 2.24) is 0 Å². The van der Waals surface area contributed by atoms with E-state index < -0.39 is 0 Å². The van der Waals surface area contributed by atoms with E-state index in [9.17, 15) is 9.59 Å². The molecule has 29 heavy (non-hydrogen) atoms. The van der Waals surface area contributed by atoms with E-state index in [1.54, 1.807) is 32.4 Å². The first-order valence-electron chi connectivity index (χ1n) is 9.59. The van der Waals surface area contributed by atoms with Gasteiger partial charge in [0.05, 0.1) is 19.5 Å². The summed E-state index contributed by atoms with van der Waals surface area (Å²) in [6, 6.07) is 12.8. The third-order valence-corrected chi connectivity index (χ3v) is 5.51. The Morgan fingerprint density at radius 2 is 1.66 bits per heavy atom. The predicted octanol–water partition coefficient (Wildman–Crippen LogP) is 4.95. The van der Waals surface area contributed by atoms with Crippen molar-refractivity contribution in [3.05, 3.63) is 42.5 Å². The largest absolute Gasteiger partial charge is 0.497 e. The summed E-state index contributed by atoms with van der Waals surface area (Å²) in [6.07, 6.45) is 1.94. The Kier molecular flexibility index (Phi) is 8.86. The lowest BCUT2D eigenvalue weighted by Gasteiger charge is -2.16. The van der Waals surface area contributed by atoms with Crippen molar-refractivity contribution in [2.45, 2.75) is 43.3 Å². The number of benzene rings is 2. The van der Waals surface area contributed by atoms with Gasteiger partial charge in [-0.05, 0) is 31.0 Å². The van der Waals surface area contributed by atoms with Gasteiger partial charge in [-0.1, -0.05) is 19.9 Å². The number of ether oxygens (including phenoxy) is 2. The second-order valence-corrected chi connectivity index (χ2v) is 7.71. The molecule has 0 fully saturated rings. The molecular weight excluding hydrogens is 388 g/mol. The van der Waals surface area contributed by atoms with Crippen molar-refractivity contribution in [1.29, 1.82) is 0 Å². The van der Waals surface area contributed by atoms with Crippen LogP contribution in [0.15, 0.2) is 47.4 Å². The average molecular weight is 417 g/mol. The minimum Gasteiger partial charge on any atom is -0.497 e. The molecule has 0 saturated carbocycles. The molecule has 2 aromatic carbocycles. The first kappa shape index (κ1) is 22.6. The maximum atomic E-state index is 12.8. The molecule has 0 aliphatic carbocycles. The molecule has 2 amide bonds. The topological polar surface area (TPSA) is 76.7 Å². The zero-order valence-electron chi connectivity index (χ0n) is 17.3. The number of nitrogens with one attached hydrogen (secondary N) is 2. The van der Waals surface area contributed by atoms with Gasteiger partial charge in [0.1, 0.15) is 11.5 Å². The van der Waals surface area contributed by atoms with E-state index >= 15 is 0 Å². The van der Waals surface area contributed by atoms with Crippen LogP contribution in [0, 0.1) is 0 Å². The Morgan fingerprint density at radius 3 is 2.24 bits per heavy atom. The van der Waals surface area contributed by atoms with Crippen LogP contribution >= 0.6 is 11.8 Å². The van der Waals surface area contributed by atoms with Gasteiger partial charge in [0.15, 0.2) is 0 Å². The fraction of sp³-hybridized carbons (Fsp3) is 0.364. The van der Waals surface area contributed by atoms with Crippen LogP contribution in [0.3, 0.4) is 0 Å². The first-order valence-corrected chi connectivity index (χ1v) is 10.5. The second kappa shape index (κ2) is 11.4. The normalized spacial score (nSPS) is 11.4. The minimum absolute atomic E-state index is 0.00796. The van der Waals surface area contributed by atoms with Crippen LogP contribution in [0.4, 0.5) is 11.4 Å². The molecule has 1 atom stereocenters. The van der Waals surface area contributed by atoms with Crippen molar-refractivity contribution < 1.29 is 19.1 Å². The summed E-state index contributed by atoms with van der Waals surface area (Å²) in [5, 5.41) is 5.54. The highest BCUT2D eigenvalue weighted by atomic mass is 32.2. The van der Waals surface area contributed by atoms with Crippen molar-refractivity contribution in [3.63, 3.8) is 0 Å². The number of thioether (sulfide) groups is 1. The van der Waals surface area contributed by atoms with Gasteiger partial charge >= 0.3 is 0 Å². The molecule has 1 unspecified atom stereocenters. The van der Waals surface area contributed by atoms with Crippen molar-refractivity contribution in [2.24, 2.45) is 0 Å². The summed E-state index contributed by atoms with van der Waals surface area (Å²) in [6.45, 7) is 3.94. The van der Waals surface area contributed by atoms with Crippen LogP contribution in [0.2, 0.25) is 0 Å². The van der Waals surface area contributed by atoms with Gasteiger partial charge in [-0.3, -0.25) is 9.59 Å². The molecule has 0 heterocycles. The van der Waals surface area contributed by atoms with Crippen LogP contribution < -0.4 is 20.1 Å². The van der Waals surface area contributed by atoms with E-state index in [0.717, 1.165) is 17.0 Å². The lowest BCUT2D eigenvalue weighted by Crippen LogP contribution is -2.24. The molecule has 0 aliphatic rings. The lowest BCUT2D eigenvalue weighted by molar-refractivity contribution is -0.116. The van der Waals surface area contributed by atoms with Crippen molar-refractivity contribution in [2.75, 3.05) is 24.9 Å².